The van der Waals surface area contributed by atoms with Crippen LogP contribution in [0.2, 0.25) is 0 Å². The second kappa shape index (κ2) is 13.1. The fourth-order valence-corrected chi connectivity index (χ4v) is 5.87. The lowest BCUT2D eigenvalue weighted by atomic mass is 10.0. The molecule has 50 heavy (non-hydrogen) atoms. The first-order valence-corrected chi connectivity index (χ1v) is 15.7. The summed E-state index contributed by atoms with van der Waals surface area (Å²) in [5, 5.41) is 8.13. The van der Waals surface area contributed by atoms with Gasteiger partial charge in [0.05, 0.1) is 43.6 Å². The number of fused-ring (bicyclic) bond motifs is 1. The second-order valence-electron chi connectivity index (χ2n) is 11.7. The number of aromatic amines is 1. The molecule has 7 rings (SSSR count). The summed E-state index contributed by atoms with van der Waals surface area (Å²) in [6, 6.07) is 15.9. The highest BCUT2D eigenvalue weighted by Crippen LogP contribution is 2.45. The molecule has 0 spiro atoms. The van der Waals surface area contributed by atoms with Crippen LogP contribution in [0.4, 0.5) is 19.1 Å². The smallest absolute Gasteiger partial charge is 0.433 e. The average molecular weight is 682 g/mol. The van der Waals surface area contributed by atoms with Gasteiger partial charge in [-0.3, -0.25) is 4.79 Å². The number of hydrogen-bond acceptors (Lipinski definition) is 11. The molecule has 1 N–H and O–H groups in total. The van der Waals surface area contributed by atoms with Gasteiger partial charge >= 0.3 is 6.18 Å². The van der Waals surface area contributed by atoms with Gasteiger partial charge in [0, 0.05) is 16.9 Å². The maximum Gasteiger partial charge on any atom is 0.433 e. The largest absolute Gasteiger partial charge is 0.494 e. The van der Waals surface area contributed by atoms with Crippen LogP contribution in [0.25, 0.3) is 33.4 Å². The zero-order valence-corrected chi connectivity index (χ0v) is 27.1. The fourth-order valence-electron chi connectivity index (χ4n) is 5.87. The first-order valence-electron chi connectivity index (χ1n) is 15.7. The summed E-state index contributed by atoms with van der Waals surface area (Å²) in [5.74, 6) is 1.44. The molecule has 4 aromatic heterocycles. The number of ether oxygens (including phenoxy) is 2. The van der Waals surface area contributed by atoms with Crippen LogP contribution in [0, 0.1) is 0 Å². The second-order valence-corrected chi connectivity index (χ2v) is 11.7. The SMILES string of the molecule is COc1ccc(C(F)(F)F)nc1-c1ccc([C@@H](C)N(Cc2n[nH]c(=O)c3ccccc23)c2ncnc(-c3c(OC)ncnc3C3CC3)n2)cc1. The van der Waals surface area contributed by atoms with E-state index in [0.29, 0.717) is 45.2 Å². The Kier molecular flexibility index (Phi) is 8.55. The number of alkyl halides is 3. The molecule has 1 aliphatic rings. The van der Waals surface area contributed by atoms with Crippen molar-refractivity contribution in [2.45, 2.75) is 44.4 Å². The van der Waals surface area contributed by atoms with Gasteiger partial charge in [0.2, 0.25) is 11.8 Å². The topological polar surface area (TPSA) is 145 Å². The van der Waals surface area contributed by atoms with Crippen molar-refractivity contribution in [1.29, 1.82) is 0 Å². The van der Waals surface area contributed by atoms with Gasteiger partial charge in [-0.2, -0.15) is 23.3 Å². The number of nitrogens with zero attached hydrogens (tertiary/aromatic N) is 8. The number of H-pyrrole nitrogens is 1. The molecule has 4 heterocycles. The number of benzene rings is 2. The molecule has 0 bridgehead atoms. The lowest BCUT2D eigenvalue weighted by Gasteiger charge is -2.30. The van der Waals surface area contributed by atoms with Crippen LogP contribution in [-0.4, -0.2) is 54.3 Å². The molecule has 1 aliphatic carbocycles. The third kappa shape index (κ3) is 6.29. The highest BCUT2D eigenvalue weighted by atomic mass is 19.4. The number of halogens is 3. The molecule has 15 heteroatoms. The van der Waals surface area contributed by atoms with Crippen molar-refractivity contribution >= 4 is 16.7 Å². The number of anilines is 1. The monoisotopic (exact) mass is 681 g/mol. The van der Waals surface area contributed by atoms with Gasteiger partial charge in [-0.25, -0.2) is 30.0 Å². The Morgan fingerprint density at radius 2 is 1.64 bits per heavy atom. The van der Waals surface area contributed by atoms with Crippen LogP contribution in [0.15, 0.2) is 78.1 Å². The number of hydrogen-bond donors (Lipinski definition) is 1. The highest BCUT2D eigenvalue weighted by molar-refractivity contribution is 5.83. The summed E-state index contributed by atoms with van der Waals surface area (Å²) in [6.07, 6.45) is 0.226. The van der Waals surface area contributed by atoms with Crippen molar-refractivity contribution in [2.75, 3.05) is 19.1 Å². The molecule has 0 saturated heterocycles. The van der Waals surface area contributed by atoms with Gasteiger partial charge < -0.3 is 14.4 Å². The van der Waals surface area contributed by atoms with Gasteiger partial charge in [0.1, 0.15) is 35.4 Å². The summed E-state index contributed by atoms with van der Waals surface area (Å²) in [7, 11) is 2.91. The molecule has 1 saturated carbocycles. The van der Waals surface area contributed by atoms with Gasteiger partial charge in [-0.05, 0) is 43.5 Å². The van der Waals surface area contributed by atoms with Crippen molar-refractivity contribution in [3.63, 3.8) is 0 Å². The Labute approximate surface area is 283 Å². The molecule has 254 valence electrons. The summed E-state index contributed by atoms with van der Waals surface area (Å²) in [4.78, 5) is 41.2. The van der Waals surface area contributed by atoms with Crippen molar-refractivity contribution in [2.24, 2.45) is 0 Å². The van der Waals surface area contributed by atoms with E-state index in [0.717, 1.165) is 30.2 Å². The molecular formula is C35H30F3N9O3. The standard InChI is InChI=1S/C35H30F3N9O3/c1-19(20-8-10-21(11-9-20)29-26(49-2)14-15-27(43-29)35(36,37)38)47(16-25-23-6-4-5-7-24(23)32(48)46-45-25)34-42-18-40-31(44-34)28-30(22-12-13-22)39-17-41-33(28)50-3/h4-11,14-15,17-19,22H,12-13,16H2,1-3H3,(H,46,48)/t19-/m1/s1. The third-order valence-electron chi connectivity index (χ3n) is 8.64. The summed E-state index contributed by atoms with van der Waals surface area (Å²) in [5.41, 5.74) is 1.92. The van der Waals surface area contributed by atoms with Crippen molar-refractivity contribution in [1.82, 2.24) is 40.1 Å². The van der Waals surface area contributed by atoms with Gasteiger partial charge in [0.25, 0.3) is 5.56 Å². The fraction of sp³-hybridized carbons (Fsp3) is 0.257. The summed E-state index contributed by atoms with van der Waals surface area (Å²) in [6.45, 7) is 2.11. The Morgan fingerprint density at radius 1 is 0.900 bits per heavy atom. The van der Waals surface area contributed by atoms with E-state index in [1.807, 2.05) is 24.0 Å². The van der Waals surface area contributed by atoms with Crippen molar-refractivity contribution in [3.8, 4) is 34.3 Å². The van der Waals surface area contributed by atoms with Gasteiger partial charge in [0.15, 0.2) is 5.82 Å². The molecule has 0 radical (unpaired) electrons. The minimum absolute atomic E-state index is 0.0647. The highest BCUT2D eigenvalue weighted by Gasteiger charge is 2.34. The van der Waals surface area contributed by atoms with Crippen LogP contribution in [0.3, 0.4) is 0 Å². The number of rotatable bonds is 10. The summed E-state index contributed by atoms with van der Waals surface area (Å²) < 4.78 is 51.5. The number of nitrogens with one attached hydrogen (secondary N) is 1. The zero-order valence-electron chi connectivity index (χ0n) is 27.1. The molecular weight excluding hydrogens is 651 g/mol. The van der Waals surface area contributed by atoms with E-state index < -0.39 is 17.9 Å². The molecule has 6 aromatic rings. The molecule has 1 atom stereocenters. The van der Waals surface area contributed by atoms with E-state index in [-0.39, 0.29) is 29.5 Å². The predicted octanol–water partition coefficient (Wildman–Crippen LogP) is 6.31. The van der Waals surface area contributed by atoms with E-state index in [4.69, 9.17) is 14.5 Å². The van der Waals surface area contributed by atoms with E-state index in [9.17, 15) is 18.0 Å². The first kappa shape index (κ1) is 32.6. The lowest BCUT2D eigenvalue weighted by molar-refractivity contribution is -0.141. The van der Waals surface area contributed by atoms with Crippen molar-refractivity contribution in [3.05, 3.63) is 106 Å². The Bertz CT molecular complexity index is 2240. The average Bonchev–Trinajstić information content (AvgIpc) is 3.99. The van der Waals surface area contributed by atoms with E-state index in [1.165, 1.54) is 32.9 Å². The molecule has 0 amide bonds. The van der Waals surface area contributed by atoms with Gasteiger partial charge in [-0.1, -0.05) is 42.5 Å². The zero-order chi connectivity index (χ0) is 35.0. The molecule has 1 fully saturated rings. The van der Waals surface area contributed by atoms with Crippen molar-refractivity contribution < 1.29 is 22.6 Å². The molecule has 2 aromatic carbocycles. The lowest BCUT2D eigenvalue weighted by Crippen LogP contribution is -2.29. The molecule has 0 aliphatic heterocycles. The van der Waals surface area contributed by atoms with Crippen LogP contribution in [-0.2, 0) is 12.7 Å². The normalized spacial score (nSPS) is 13.6. The maximum absolute atomic E-state index is 13.5. The number of methoxy groups -OCH3 is 2. The minimum atomic E-state index is -4.62. The van der Waals surface area contributed by atoms with Gasteiger partial charge in [-0.15, -0.1) is 0 Å². The molecule has 0 unspecified atom stereocenters. The van der Waals surface area contributed by atoms with Crippen LogP contribution in [0.5, 0.6) is 11.6 Å². The van der Waals surface area contributed by atoms with E-state index in [1.54, 1.807) is 36.4 Å². The Balaban J connectivity index is 1.31. The third-order valence-corrected chi connectivity index (χ3v) is 8.64. The number of pyridine rings is 1. The Morgan fingerprint density at radius 3 is 2.34 bits per heavy atom. The maximum atomic E-state index is 13.5. The minimum Gasteiger partial charge on any atom is -0.494 e. The van der Waals surface area contributed by atoms with E-state index in [2.05, 4.69) is 35.1 Å². The predicted molar refractivity (Wildman–Crippen MR) is 178 cm³/mol. The van der Waals surface area contributed by atoms with Crippen LogP contribution in [0.1, 0.15) is 54.4 Å². The van der Waals surface area contributed by atoms with E-state index >= 15 is 0 Å². The quantitative estimate of drug-likeness (QED) is 0.174. The molecule has 12 nitrogen and oxygen atoms in total. The summed E-state index contributed by atoms with van der Waals surface area (Å²) >= 11 is 0. The van der Waals surface area contributed by atoms with Crippen LogP contribution < -0.4 is 19.9 Å². The van der Waals surface area contributed by atoms with Crippen LogP contribution >= 0.6 is 0 Å². The first-order chi connectivity index (χ1) is 24.2. The Hall–Kier alpha value is -5.99. The number of aromatic nitrogens is 8.